The Balaban J connectivity index is 1.69. The van der Waals surface area contributed by atoms with E-state index in [1.54, 1.807) is 32.9 Å². The molecule has 274 valence electrons. The van der Waals surface area contributed by atoms with Crippen molar-refractivity contribution in [3.8, 4) is 11.6 Å². The van der Waals surface area contributed by atoms with E-state index in [0.29, 0.717) is 18.2 Å². The van der Waals surface area contributed by atoms with E-state index in [-0.39, 0.29) is 42.1 Å². The monoisotopic (exact) mass is 700 g/mol. The van der Waals surface area contributed by atoms with Gasteiger partial charge in [-0.05, 0) is 61.1 Å². The van der Waals surface area contributed by atoms with Gasteiger partial charge in [-0.1, -0.05) is 54.2 Å². The van der Waals surface area contributed by atoms with Gasteiger partial charge in [0.1, 0.15) is 30.0 Å². The molecule has 1 saturated heterocycles. The van der Waals surface area contributed by atoms with E-state index in [1.165, 1.54) is 18.1 Å². The zero-order chi connectivity index (χ0) is 37.0. The largest absolute Gasteiger partial charge is 0.497 e. The lowest BCUT2D eigenvalue weighted by Gasteiger charge is -2.35. The minimum absolute atomic E-state index is 0.0154. The van der Waals surface area contributed by atoms with Crippen LogP contribution in [0.15, 0.2) is 43.5 Å². The predicted octanol–water partition coefficient (Wildman–Crippen LogP) is 6.60. The van der Waals surface area contributed by atoms with Gasteiger partial charge in [-0.25, -0.2) is 19.6 Å². The second kappa shape index (κ2) is 15.7. The number of fused-ring (bicyclic) bond motifs is 1. The summed E-state index contributed by atoms with van der Waals surface area (Å²) < 4.78 is 53.4. The molecule has 1 aromatic heterocycles. The van der Waals surface area contributed by atoms with Gasteiger partial charge in [0.05, 0.1) is 31.3 Å². The first kappa shape index (κ1) is 38.5. The number of carbonyl (C=O) groups is 3. The summed E-state index contributed by atoms with van der Waals surface area (Å²) in [5.74, 6) is -5.29. The van der Waals surface area contributed by atoms with Crippen LogP contribution in [0.25, 0.3) is 11.0 Å². The Morgan fingerprint density at radius 3 is 2.44 bits per heavy atom. The smallest absolute Gasteiger partial charge is 0.408 e. The molecular weight excluding hydrogens is 650 g/mol. The molecule has 2 aliphatic rings. The minimum Gasteiger partial charge on any atom is -0.497 e. The van der Waals surface area contributed by atoms with Crippen LogP contribution < -0.4 is 14.8 Å². The van der Waals surface area contributed by atoms with Crippen molar-refractivity contribution in [2.45, 2.75) is 97.4 Å². The number of carbonyl (C=O) groups excluding carboxylic acids is 3. The topological polar surface area (TPSA) is 129 Å². The van der Waals surface area contributed by atoms with Gasteiger partial charge in [0, 0.05) is 12.0 Å². The summed E-state index contributed by atoms with van der Waals surface area (Å²) in [4.78, 5) is 51.2. The van der Waals surface area contributed by atoms with Crippen LogP contribution in [-0.2, 0) is 25.0 Å². The highest BCUT2D eigenvalue weighted by atomic mass is 19.3. The summed E-state index contributed by atoms with van der Waals surface area (Å²) in [7, 11) is 1.47. The first-order chi connectivity index (χ1) is 23.5. The summed E-state index contributed by atoms with van der Waals surface area (Å²) in [6, 6.07) is 2.39. The molecule has 1 aromatic carbocycles. The molecule has 4 rings (SSSR count). The number of ether oxygens (including phenoxy) is 4. The van der Waals surface area contributed by atoms with E-state index in [2.05, 4.69) is 28.4 Å². The number of halogens is 2. The fraction of sp³-hybridized carbons (Fsp3) is 0.595. The average Bonchev–Trinajstić information content (AvgIpc) is 3.70. The number of hydrogen-bond acceptors (Lipinski definition) is 9. The summed E-state index contributed by atoms with van der Waals surface area (Å²) in [6.45, 7) is 17.9. The predicted molar refractivity (Wildman–Crippen MR) is 184 cm³/mol. The molecule has 0 spiro atoms. The van der Waals surface area contributed by atoms with Crippen LogP contribution >= 0.6 is 0 Å². The van der Waals surface area contributed by atoms with E-state index in [4.69, 9.17) is 18.9 Å². The molecule has 11 nitrogen and oxygen atoms in total. The van der Waals surface area contributed by atoms with E-state index >= 15 is 8.78 Å². The number of hydrogen-bond donors (Lipinski definition) is 1. The van der Waals surface area contributed by atoms with E-state index in [0.717, 1.165) is 19.3 Å². The molecule has 1 aliphatic carbocycles. The number of likely N-dealkylation sites (tertiary alicyclic amines) is 1. The molecule has 2 heterocycles. The highest BCUT2D eigenvalue weighted by Gasteiger charge is 2.53. The molecule has 6 unspecified atom stereocenters. The lowest BCUT2D eigenvalue weighted by molar-refractivity contribution is -0.157. The number of alkyl carbamates (subject to hydrolysis) is 1. The second-order valence-electron chi connectivity index (χ2n) is 14.5. The molecule has 1 aliphatic heterocycles. The van der Waals surface area contributed by atoms with Crippen molar-refractivity contribution >= 4 is 29.0 Å². The molecule has 1 saturated carbocycles. The van der Waals surface area contributed by atoms with Crippen molar-refractivity contribution in [3.63, 3.8) is 0 Å². The normalized spacial score (nSPS) is 22.5. The van der Waals surface area contributed by atoms with Crippen LogP contribution in [0.5, 0.6) is 11.6 Å². The molecule has 0 bridgehead atoms. The summed E-state index contributed by atoms with van der Waals surface area (Å²) in [6.07, 6.45) is 3.04. The quantitative estimate of drug-likeness (QED) is 0.162. The second-order valence-corrected chi connectivity index (χ2v) is 14.5. The number of alkyl halides is 2. The Kier molecular flexibility index (Phi) is 12.1. The number of nitrogens with one attached hydrogen (secondary N) is 1. The third-order valence-electron chi connectivity index (χ3n) is 9.06. The highest BCUT2D eigenvalue weighted by molar-refractivity contribution is 5.91. The van der Waals surface area contributed by atoms with Crippen molar-refractivity contribution in [2.75, 3.05) is 20.3 Å². The van der Waals surface area contributed by atoms with Crippen LogP contribution in [-0.4, -0.2) is 77.4 Å². The van der Waals surface area contributed by atoms with Crippen molar-refractivity contribution in [1.29, 1.82) is 0 Å². The van der Waals surface area contributed by atoms with Gasteiger partial charge in [-0.2, -0.15) is 8.78 Å². The Morgan fingerprint density at radius 2 is 1.84 bits per heavy atom. The Bertz CT molecular complexity index is 1580. The van der Waals surface area contributed by atoms with Gasteiger partial charge in [-0.3, -0.25) is 4.79 Å². The van der Waals surface area contributed by atoms with Crippen molar-refractivity contribution < 1.29 is 42.1 Å². The first-order valence-electron chi connectivity index (χ1n) is 17.1. The van der Waals surface area contributed by atoms with E-state index in [9.17, 15) is 14.4 Å². The van der Waals surface area contributed by atoms with Gasteiger partial charge in [0.2, 0.25) is 11.8 Å². The SMILES string of the molecule is C=CCCC1CC1OC(=O)NC(C(=O)N1CC(Oc2nc3cc(OC)ccc3nc2C(F)(F)C=C)C(CC)C1C(=O)OCC(C)C)C(C)(C)C. The third kappa shape index (κ3) is 8.89. The van der Waals surface area contributed by atoms with Crippen molar-refractivity contribution in [1.82, 2.24) is 20.2 Å². The number of rotatable bonds is 15. The van der Waals surface area contributed by atoms with Gasteiger partial charge in [0.25, 0.3) is 0 Å². The maximum Gasteiger partial charge on any atom is 0.408 e. The van der Waals surface area contributed by atoms with Crippen LogP contribution in [0, 0.1) is 23.2 Å². The molecule has 0 radical (unpaired) electrons. The average molecular weight is 701 g/mol. The van der Waals surface area contributed by atoms with E-state index in [1.807, 2.05) is 26.8 Å². The maximum absolute atomic E-state index is 15.3. The molecule has 2 amide bonds. The number of aromatic nitrogens is 2. The number of benzene rings is 1. The van der Waals surface area contributed by atoms with Crippen LogP contribution in [0.1, 0.15) is 72.9 Å². The summed E-state index contributed by atoms with van der Waals surface area (Å²) >= 11 is 0. The number of methoxy groups -OCH3 is 1. The lowest BCUT2D eigenvalue weighted by atomic mass is 9.85. The molecule has 2 aromatic rings. The Hall–Kier alpha value is -4.29. The number of nitrogens with zero attached hydrogens (tertiary/aromatic N) is 3. The number of amides is 2. The van der Waals surface area contributed by atoms with Crippen LogP contribution in [0.2, 0.25) is 0 Å². The van der Waals surface area contributed by atoms with Crippen molar-refractivity contribution in [2.24, 2.45) is 23.2 Å². The molecular formula is C37H50F2N4O7. The lowest BCUT2D eigenvalue weighted by Crippen LogP contribution is -2.57. The van der Waals surface area contributed by atoms with Gasteiger partial charge in [0.15, 0.2) is 5.69 Å². The zero-order valence-corrected chi connectivity index (χ0v) is 30.0. The first-order valence-corrected chi connectivity index (χ1v) is 17.1. The zero-order valence-electron chi connectivity index (χ0n) is 30.0. The van der Waals surface area contributed by atoms with Crippen LogP contribution in [0.3, 0.4) is 0 Å². The maximum atomic E-state index is 15.3. The van der Waals surface area contributed by atoms with Gasteiger partial charge >= 0.3 is 18.0 Å². The Labute approximate surface area is 292 Å². The fourth-order valence-electron chi connectivity index (χ4n) is 6.14. The standard InChI is InChI=1S/C37H50F2N4O7/c1-10-13-14-22-17-27(22)50-35(46)42-31(36(6,7)8)33(44)43-19-28(24(11-2)29(43)34(45)48-20-21(4)5)49-32-30(37(38,39)12-3)40-25-16-15-23(47-9)18-26(25)41-32/h10,12,15-16,18,21-22,24,27-29,31H,1,3,11,13-14,17,19-20H2,2,4-9H3,(H,42,46). The van der Waals surface area contributed by atoms with Gasteiger partial charge in [-0.15, -0.1) is 6.58 Å². The molecule has 13 heteroatoms. The van der Waals surface area contributed by atoms with Crippen LogP contribution in [0.4, 0.5) is 13.6 Å². The molecule has 6 atom stereocenters. The van der Waals surface area contributed by atoms with Gasteiger partial charge < -0.3 is 29.2 Å². The van der Waals surface area contributed by atoms with E-state index < -0.39 is 65.0 Å². The molecule has 2 fully saturated rings. The number of esters is 1. The molecule has 50 heavy (non-hydrogen) atoms. The highest BCUT2D eigenvalue weighted by Crippen LogP contribution is 2.40. The minimum atomic E-state index is -3.62. The molecule has 1 N–H and O–H groups in total. The number of allylic oxidation sites excluding steroid dienone is 2. The fourth-order valence-corrected chi connectivity index (χ4v) is 6.14. The summed E-state index contributed by atoms with van der Waals surface area (Å²) in [5, 5.41) is 2.75. The van der Waals surface area contributed by atoms with Crippen molar-refractivity contribution in [3.05, 3.63) is 49.2 Å². The summed E-state index contributed by atoms with van der Waals surface area (Å²) in [5.41, 5.74) is -1.14. The Morgan fingerprint density at radius 1 is 1.12 bits per heavy atom. The third-order valence-corrected chi connectivity index (χ3v) is 9.06.